The molecule has 3 rings (SSSR count). The molecule has 0 aliphatic carbocycles. The molecular weight excluding hydrogens is 544 g/mol. The fourth-order valence-electron chi connectivity index (χ4n) is 4.24. The summed E-state index contributed by atoms with van der Waals surface area (Å²) in [4.78, 5) is 39.5. The lowest BCUT2D eigenvalue weighted by Crippen LogP contribution is -2.52. The summed E-state index contributed by atoms with van der Waals surface area (Å²) < 4.78 is 28.5. The number of hydrogen-bond donors (Lipinski definition) is 1. The van der Waals surface area contributed by atoms with Crippen molar-refractivity contribution in [3.63, 3.8) is 0 Å². The Kier molecular flexibility index (Phi) is 10.6. The number of carbonyl (C=O) groups is 2. The number of nitro groups is 1. The maximum atomic E-state index is 14.0. The van der Waals surface area contributed by atoms with Gasteiger partial charge in [-0.1, -0.05) is 74.9 Å². The minimum absolute atomic E-state index is 0.0380. The first-order valence-electron chi connectivity index (χ1n) is 13.4. The van der Waals surface area contributed by atoms with E-state index in [0.29, 0.717) is 13.0 Å². The molecule has 218 valence electrons. The summed E-state index contributed by atoms with van der Waals surface area (Å²) in [5.41, 5.74) is 1.44. The molecule has 0 bridgehead atoms. The van der Waals surface area contributed by atoms with E-state index in [1.807, 2.05) is 45.0 Å². The number of nitrogens with one attached hydrogen (secondary N) is 1. The molecule has 0 fully saturated rings. The van der Waals surface area contributed by atoms with E-state index in [2.05, 4.69) is 5.32 Å². The zero-order valence-corrected chi connectivity index (χ0v) is 24.5. The van der Waals surface area contributed by atoms with Gasteiger partial charge in [-0.2, -0.15) is 0 Å². The molecule has 0 radical (unpaired) electrons. The first-order chi connectivity index (χ1) is 19.4. The number of hydrogen-bond acceptors (Lipinski definition) is 6. The van der Waals surface area contributed by atoms with Crippen LogP contribution in [0.3, 0.4) is 0 Å². The molecule has 41 heavy (non-hydrogen) atoms. The van der Waals surface area contributed by atoms with Crippen LogP contribution in [0, 0.1) is 23.0 Å². The van der Waals surface area contributed by atoms with Crippen LogP contribution in [0.5, 0.6) is 0 Å². The van der Waals surface area contributed by atoms with Crippen LogP contribution in [-0.2, 0) is 26.2 Å². The van der Waals surface area contributed by atoms with E-state index < -0.39 is 33.4 Å². The minimum atomic E-state index is -4.32. The van der Waals surface area contributed by atoms with Gasteiger partial charge in [0.15, 0.2) is 0 Å². The lowest BCUT2D eigenvalue weighted by atomic mass is 10.1. The summed E-state index contributed by atoms with van der Waals surface area (Å²) in [6.07, 6.45) is 0.295. The maximum Gasteiger partial charge on any atom is 0.271 e. The molecule has 10 nitrogen and oxygen atoms in total. The second-order valence-corrected chi connectivity index (χ2v) is 12.0. The summed E-state index contributed by atoms with van der Waals surface area (Å²) in [6, 6.07) is 19.3. The van der Waals surface area contributed by atoms with Gasteiger partial charge in [0, 0.05) is 25.2 Å². The summed E-state index contributed by atoms with van der Waals surface area (Å²) in [5, 5.41) is 14.4. The van der Waals surface area contributed by atoms with E-state index in [4.69, 9.17) is 0 Å². The van der Waals surface area contributed by atoms with Crippen molar-refractivity contribution in [2.75, 3.05) is 17.4 Å². The lowest BCUT2D eigenvalue weighted by molar-refractivity contribution is -0.384. The van der Waals surface area contributed by atoms with Crippen LogP contribution >= 0.6 is 0 Å². The van der Waals surface area contributed by atoms with Gasteiger partial charge < -0.3 is 10.2 Å². The molecule has 0 aliphatic heterocycles. The molecule has 1 unspecified atom stereocenters. The number of nitrogens with zero attached hydrogens (tertiary/aromatic N) is 3. The van der Waals surface area contributed by atoms with Crippen LogP contribution in [-0.4, -0.2) is 49.2 Å². The average Bonchev–Trinajstić information content (AvgIpc) is 2.96. The zero-order chi connectivity index (χ0) is 30.2. The molecule has 0 aromatic heterocycles. The lowest BCUT2D eigenvalue weighted by Gasteiger charge is -2.33. The van der Waals surface area contributed by atoms with Gasteiger partial charge in [-0.15, -0.1) is 0 Å². The second kappa shape index (κ2) is 13.9. The molecule has 3 aromatic rings. The van der Waals surface area contributed by atoms with Gasteiger partial charge in [-0.25, -0.2) is 8.42 Å². The molecule has 0 saturated carbocycles. The Balaban J connectivity index is 2.07. The van der Waals surface area contributed by atoms with Gasteiger partial charge in [-0.05, 0) is 43.0 Å². The molecule has 0 spiro atoms. The number of anilines is 1. The highest BCUT2D eigenvalue weighted by molar-refractivity contribution is 7.92. The van der Waals surface area contributed by atoms with E-state index in [9.17, 15) is 28.1 Å². The topological polar surface area (TPSA) is 130 Å². The van der Waals surface area contributed by atoms with Crippen LogP contribution in [0.2, 0.25) is 0 Å². The van der Waals surface area contributed by atoms with Crippen molar-refractivity contribution in [3.05, 3.63) is 100 Å². The number of aryl methyl sites for hydroxylation is 1. The van der Waals surface area contributed by atoms with E-state index in [0.717, 1.165) is 21.5 Å². The highest BCUT2D eigenvalue weighted by atomic mass is 32.2. The van der Waals surface area contributed by atoms with Crippen LogP contribution < -0.4 is 9.62 Å². The highest BCUT2D eigenvalue weighted by Crippen LogP contribution is 2.27. The van der Waals surface area contributed by atoms with Gasteiger partial charge >= 0.3 is 0 Å². The first-order valence-corrected chi connectivity index (χ1v) is 14.8. The molecule has 11 heteroatoms. The first kappa shape index (κ1) is 31.3. The largest absolute Gasteiger partial charge is 0.354 e. The number of nitro benzene ring substituents is 1. The molecule has 1 atom stereocenters. The number of benzene rings is 3. The number of carbonyl (C=O) groups excluding carboxylic acids is 2. The van der Waals surface area contributed by atoms with Crippen molar-refractivity contribution < 1.29 is 22.9 Å². The number of amides is 2. The van der Waals surface area contributed by atoms with Crippen LogP contribution in [0.15, 0.2) is 83.8 Å². The SMILES string of the molecule is CCC(C(=O)NCC(C)C)N(Cc1ccc(C)cc1)C(=O)CN(c1cccc([N+](=O)[O-])c1)S(=O)(=O)c1ccccc1. The van der Waals surface area contributed by atoms with Gasteiger partial charge in [0.2, 0.25) is 11.8 Å². The molecule has 0 aliphatic rings. The van der Waals surface area contributed by atoms with Gasteiger partial charge in [0.25, 0.3) is 15.7 Å². The third kappa shape index (κ3) is 8.14. The van der Waals surface area contributed by atoms with Crippen molar-refractivity contribution in [2.45, 2.75) is 51.6 Å². The van der Waals surface area contributed by atoms with Crippen molar-refractivity contribution in [1.29, 1.82) is 0 Å². The Bertz CT molecular complexity index is 1460. The van der Waals surface area contributed by atoms with Crippen LogP contribution in [0.25, 0.3) is 0 Å². The van der Waals surface area contributed by atoms with E-state index in [-0.39, 0.29) is 34.6 Å². The molecular formula is C30H36N4O6S. The van der Waals surface area contributed by atoms with E-state index in [1.165, 1.54) is 35.2 Å². The van der Waals surface area contributed by atoms with E-state index in [1.54, 1.807) is 25.1 Å². The Hall–Kier alpha value is -4.25. The molecule has 3 aromatic carbocycles. The zero-order valence-electron chi connectivity index (χ0n) is 23.7. The van der Waals surface area contributed by atoms with E-state index >= 15 is 0 Å². The number of rotatable bonds is 13. The van der Waals surface area contributed by atoms with Crippen molar-refractivity contribution in [2.24, 2.45) is 5.92 Å². The quantitative estimate of drug-likeness (QED) is 0.231. The van der Waals surface area contributed by atoms with Crippen molar-refractivity contribution in [3.8, 4) is 0 Å². The third-order valence-electron chi connectivity index (χ3n) is 6.48. The predicted molar refractivity (Wildman–Crippen MR) is 158 cm³/mol. The molecule has 2 amide bonds. The smallest absolute Gasteiger partial charge is 0.271 e. The molecule has 1 N–H and O–H groups in total. The summed E-state index contributed by atoms with van der Waals surface area (Å²) in [6.45, 7) is 7.47. The maximum absolute atomic E-state index is 14.0. The molecule has 0 saturated heterocycles. The number of non-ortho nitro benzene ring substituents is 1. The van der Waals surface area contributed by atoms with Crippen LogP contribution in [0.4, 0.5) is 11.4 Å². The highest BCUT2D eigenvalue weighted by Gasteiger charge is 2.34. The Morgan fingerprint density at radius 1 is 0.976 bits per heavy atom. The molecule has 0 heterocycles. The second-order valence-electron chi connectivity index (χ2n) is 10.2. The Morgan fingerprint density at radius 3 is 2.22 bits per heavy atom. The van der Waals surface area contributed by atoms with Gasteiger partial charge in [0.1, 0.15) is 12.6 Å². The van der Waals surface area contributed by atoms with Crippen molar-refractivity contribution >= 4 is 33.2 Å². The van der Waals surface area contributed by atoms with Crippen molar-refractivity contribution in [1.82, 2.24) is 10.2 Å². The fraction of sp³-hybridized carbons (Fsp3) is 0.333. The number of sulfonamides is 1. The monoisotopic (exact) mass is 580 g/mol. The Labute approximate surface area is 241 Å². The average molecular weight is 581 g/mol. The van der Waals surface area contributed by atoms with Gasteiger partial charge in [-0.3, -0.25) is 24.0 Å². The summed E-state index contributed by atoms with van der Waals surface area (Å²) in [5.74, 6) is -0.768. The standard InChI is InChI=1S/C30H36N4O6S/c1-5-28(30(36)31-19-22(2)3)32(20-24-16-14-23(4)15-17-24)29(35)21-33(25-10-9-11-26(18-25)34(37)38)41(39,40)27-12-7-6-8-13-27/h6-18,22,28H,5,19-21H2,1-4H3,(H,31,36). The van der Waals surface area contributed by atoms with Crippen LogP contribution in [0.1, 0.15) is 38.3 Å². The summed E-state index contributed by atoms with van der Waals surface area (Å²) in [7, 11) is -4.32. The predicted octanol–water partition coefficient (Wildman–Crippen LogP) is 4.68. The fourth-order valence-corrected chi connectivity index (χ4v) is 5.67. The third-order valence-corrected chi connectivity index (χ3v) is 8.27. The Morgan fingerprint density at radius 2 is 1.63 bits per heavy atom. The van der Waals surface area contributed by atoms with Gasteiger partial charge in [0.05, 0.1) is 15.5 Å². The summed E-state index contributed by atoms with van der Waals surface area (Å²) >= 11 is 0. The minimum Gasteiger partial charge on any atom is -0.354 e. The normalized spacial score (nSPS) is 12.0.